The summed E-state index contributed by atoms with van der Waals surface area (Å²) in [7, 11) is 0. The Hall–Kier alpha value is -2.86. The van der Waals surface area contributed by atoms with Crippen LogP contribution in [0.25, 0.3) is 5.82 Å². The van der Waals surface area contributed by atoms with Gasteiger partial charge in [0.2, 0.25) is 0 Å². The highest BCUT2D eigenvalue weighted by molar-refractivity contribution is 6.30. The molecule has 156 valence electrons. The molecule has 1 aliphatic rings. The highest BCUT2D eigenvalue weighted by atomic mass is 35.5. The van der Waals surface area contributed by atoms with Gasteiger partial charge in [-0.3, -0.25) is 4.79 Å². The van der Waals surface area contributed by atoms with E-state index < -0.39 is 0 Å². The molecule has 1 atom stereocenters. The van der Waals surface area contributed by atoms with Gasteiger partial charge in [-0.2, -0.15) is 5.10 Å². The topological polar surface area (TPSA) is 63.1 Å². The smallest absolute Gasteiger partial charge is 0.252 e. The molecule has 3 aromatic rings. The number of nitrogens with one attached hydrogen (secondary N) is 1. The first-order valence-corrected chi connectivity index (χ1v) is 10.6. The molecular weight excluding hydrogens is 398 g/mol. The Morgan fingerprint density at radius 1 is 1.20 bits per heavy atom. The number of hydrogen-bond donors (Lipinski definition) is 1. The Morgan fingerprint density at radius 2 is 2.03 bits per heavy atom. The van der Waals surface area contributed by atoms with E-state index in [4.69, 9.17) is 11.6 Å². The number of amides is 1. The maximum atomic E-state index is 12.6. The minimum absolute atomic E-state index is 0.0974. The van der Waals surface area contributed by atoms with Crippen LogP contribution in [-0.4, -0.2) is 40.3 Å². The van der Waals surface area contributed by atoms with E-state index in [0.717, 1.165) is 35.9 Å². The molecule has 1 aromatic carbocycles. The summed E-state index contributed by atoms with van der Waals surface area (Å²) in [4.78, 5) is 19.3. The van der Waals surface area contributed by atoms with Gasteiger partial charge in [0.15, 0.2) is 5.82 Å². The first-order chi connectivity index (χ1) is 14.4. The molecule has 4 rings (SSSR count). The fraction of sp³-hybridized carbons (Fsp3) is 0.348. The summed E-state index contributed by atoms with van der Waals surface area (Å²) < 4.78 is 1.78. The highest BCUT2D eigenvalue weighted by Crippen LogP contribution is 2.29. The van der Waals surface area contributed by atoms with E-state index in [9.17, 15) is 4.79 Å². The zero-order valence-corrected chi connectivity index (χ0v) is 18.3. The van der Waals surface area contributed by atoms with Crippen molar-refractivity contribution in [2.24, 2.45) is 5.92 Å². The molecule has 1 unspecified atom stereocenters. The predicted molar refractivity (Wildman–Crippen MR) is 120 cm³/mol. The van der Waals surface area contributed by atoms with Crippen molar-refractivity contribution in [2.45, 2.75) is 27.2 Å². The summed E-state index contributed by atoms with van der Waals surface area (Å²) in [5, 5.41) is 8.24. The summed E-state index contributed by atoms with van der Waals surface area (Å²) in [5.41, 5.74) is 4.91. The van der Waals surface area contributed by atoms with Gasteiger partial charge >= 0.3 is 0 Å². The molecule has 6 nitrogen and oxygen atoms in total. The van der Waals surface area contributed by atoms with E-state index in [1.54, 1.807) is 16.9 Å². The van der Waals surface area contributed by atoms with Crippen LogP contribution in [0.3, 0.4) is 0 Å². The molecule has 30 heavy (non-hydrogen) atoms. The Morgan fingerprint density at radius 3 is 2.73 bits per heavy atom. The molecule has 0 bridgehead atoms. The van der Waals surface area contributed by atoms with Crippen molar-refractivity contribution in [3.05, 3.63) is 70.1 Å². The third kappa shape index (κ3) is 4.33. The number of rotatable bonds is 5. The monoisotopic (exact) mass is 423 g/mol. The van der Waals surface area contributed by atoms with Crippen LogP contribution in [0, 0.1) is 26.7 Å². The minimum Gasteiger partial charge on any atom is -0.371 e. The van der Waals surface area contributed by atoms with Crippen LogP contribution in [0.5, 0.6) is 0 Å². The maximum absolute atomic E-state index is 12.6. The van der Waals surface area contributed by atoms with Crippen molar-refractivity contribution < 1.29 is 4.79 Å². The van der Waals surface area contributed by atoms with Crippen LogP contribution in [0.2, 0.25) is 5.02 Å². The van der Waals surface area contributed by atoms with Gasteiger partial charge in [0.1, 0.15) is 0 Å². The lowest BCUT2D eigenvalue weighted by Gasteiger charge is -2.21. The third-order valence-electron chi connectivity index (χ3n) is 5.59. The number of hydrogen-bond acceptors (Lipinski definition) is 4. The van der Waals surface area contributed by atoms with Crippen molar-refractivity contribution >= 4 is 23.2 Å². The van der Waals surface area contributed by atoms with Crippen molar-refractivity contribution in [3.63, 3.8) is 0 Å². The molecule has 3 heterocycles. The van der Waals surface area contributed by atoms with Crippen LogP contribution in [-0.2, 0) is 0 Å². The highest BCUT2D eigenvalue weighted by Gasteiger charge is 2.24. The molecule has 7 heteroatoms. The predicted octanol–water partition coefficient (Wildman–Crippen LogP) is 4.10. The van der Waals surface area contributed by atoms with Crippen LogP contribution >= 0.6 is 11.6 Å². The lowest BCUT2D eigenvalue weighted by Crippen LogP contribution is -2.31. The molecule has 1 saturated heterocycles. The Labute approximate surface area is 181 Å². The molecule has 0 radical (unpaired) electrons. The number of benzene rings is 1. The molecular formula is C23H26ClN5O. The molecule has 1 aliphatic heterocycles. The zero-order chi connectivity index (χ0) is 21.3. The average Bonchev–Trinajstić information content (AvgIpc) is 3.34. The van der Waals surface area contributed by atoms with Crippen LogP contribution in [0.15, 0.2) is 42.6 Å². The van der Waals surface area contributed by atoms with Crippen LogP contribution in [0.1, 0.15) is 33.7 Å². The van der Waals surface area contributed by atoms with E-state index in [0.29, 0.717) is 23.8 Å². The second-order valence-electron chi connectivity index (χ2n) is 7.99. The van der Waals surface area contributed by atoms with Crippen LogP contribution in [0.4, 0.5) is 5.69 Å². The quantitative estimate of drug-likeness (QED) is 0.671. The minimum atomic E-state index is -0.0974. The number of aryl methyl sites for hydroxylation is 3. The number of carbonyl (C=O) groups is 1. The number of anilines is 1. The van der Waals surface area contributed by atoms with E-state index in [1.807, 2.05) is 38.1 Å². The Balaban J connectivity index is 1.34. The van der Waals surface area contributed by atoms with Crippen LogP contribution < -0.4 is 10.2 Å². The molecule has 1 fully saturated rings. The fourth-order valence-corrected chi connectivity index (χ4v) is 4.15. The van der Waals surface area contributed by atoms with Gasteiger partial charge in [-0.25, -0.2) is 9.67 Å². The lowest BCUT2D eigenvalue weighted by atomic mass is 10.1. The molecule has 1 amide bonds. The molecule has 1 N–H and O–H groups in total. The number of halogens is 1. The third-order valence-corrected chi connectivity index (χ3v) is 5.82. The van der Waals surface area contributed by atoms with Gasteiger partial charge in [-0.1, -0.05) is 17.7 Å². The molecule has 0 aliphatic carbocycles. The second kappa shape index (κ2) is 8.48. The van der Waals surface area contributed by atoms with E-state index in [-0.39, 0.29) is 5.91 Å². The number of pyridine rings is 1. The summed E-state index contributed by atoms with van der Waals surface area (Å²) in [5.74, 6) is 1.02. The zero-order valence-electron chi connectivity index (χ0n) is 17.5. The van der Waals surface area contributed by atoms with Gasteiger partial charge in [0.05, 0.1) is 11.3 Å². The van der Waals surface area contributed by atoms with Crippen molar-refractivity contribution in [3.8, 4) is 5.82 Å². The van der Waals surface area contributed by atoms with Crippen molar-refractivity contribution in [2.75, 3.05) is 24.5 Å². The van der Waals surface area contributed by atoms with E-state index in [1.165, 1.54) is 11.3 Å². The molecule has 2 aromatic heterocycles. The van der Waals surface area contributed by atoms with Crippen molar-refractivity contribution in [1.82, 2.24) is 20.1 Å². The van der Waals surface area contributed by atoms with Gasteiger partial charge in [0, 0.05) is 42.2 Å². The summed E-state index contributed by atoms with van der Waals surface area (Å²) in [6.07, 6.45) is 2.65. The van der Waals surface area contributed by atoms with E-state index >= 15 is 0 Å². The fourth-order valence-electron chi connectivity index (χ4n) is 3.99. The lowest BCUT2D eigenvalue weighted by molar-refractivity contribution is 0.0948. The Bertz CT molecular complexity index is 1060. The van der Waals surface area contributed by atoms with Gasteiger partial charge in [0.25, 0.3) is 5.91 Å². The standard InChI is InChI=1S/C23H26ClN5O/c1-15-4-6-20(24)11-21(15)28-9-8-18(14-28)12-26-23(30)19-5-7-22(25-13-19)29-17(3)10-16(2)27-29/h4-7,10-11,13,18H,8-9,12,14H2,1-3H3,(H,26,30). The average molecular weight is 424 g/mol. The number of nitrogens with zero attached hydrogens (tertiary/aromatic N) is 4. The van der Waals surface area contributed by atoms with Gasteiger partial charge in [-0.05, 0) is 69.0 Å². The number of aromatic nitrogens is 3. The summed E-state index contributed by atoms with van der Waals surface area (Å²) >= 11 is 6.17. The largest absolute Gasteiger partial charge is 0.371 e. The first-order valence-electron chi connectivity index (χ1n) is 10.2. The first kappa shape index (κ1) is 20.4. The molecule has 0 spiro atoms. The summed E-state index contributed by atoms with van der Waals surface area (Å²) in [6, 6.07) is 11.6. The van der Waals surface area contributed by atoms with Crippen molar-refractivity contribution in [1.29, 1.82) is 0 Å². The second-order valence-corrected chi connectivity index (χ2v) is 8.42. The Kier molecular flexibility index (Phi) is 5.77. The maximum Gasteiger partial charge on any atom is 0.252 e. The normalized spacial score (nSPS) is 16.1. The SMILES string of the molecule is Cc1cc(C)n(-c2ccc(C(=O)NCC3CCN(c4cc(Cl)ccc4C)C3)cn2)n1. The molecule has 0 saturated carbocycles. The van der Waals surface area contributed by atoms with E-state index in [2.05, 4.69) is 33.3 Å². The number of carbonyl (C=O) groups excluding carboxylic acids is 1. The van der Waals surface area contributed by atoms with Gasteiger partial charge in [-0.15, -0.1) is 0 Å². The summed E-state index contributed by atoms with van der Waals surface area (Å²) in [6.45, 7) is 8.57. The van der Waals surface area contributed by atoms with Gasteiger partial charge < -0.3 is 10.2 Å².